The van der Waals surface area contributed by atoms with Gasteiger partial charge in [-0.25, -0.2) is 0 Å². The normalized spacial score (nSPS) is 15.0. The summed E-state index contributed by atoms with van der Waals surface area (Å²) >= 11 is 0. The Bertz CT molecular complexity index is 298. The molecule has 92 valence electrons. The van der Waals surface area contributed by atoms with E-state index in [1.54, 1.807) is 7.11 Å². The minimum absolute atomic E-state index is 0.495. The summed E-state index contributed by atoms with van der Waals surface area (Å²) in [5, 5.41) is 7.54. The van der Waals surface area contributed by atoms with Crippen LogP contribution in [0.3, 0.4) is 0 Å². The molecule has 2 unspecified atom stereocenters. The molecule has 1 aromatic rings. The molecule has 0 aromatic carbocycles. The summed E-state index contributed by atoms with van der Waals surface area (Å²) in [5.41, 5.74) is 1.28. The van der Waals surface area contributed by atoms with Crippen LogP contribution in [0.15, 0.2) is 12.4 Å². The van der Waals surface area contributed by atoms with Gasteiger partial charge in [0, 0.05) is 33.0 Å². The van der Waals surface area contributed by atoms with Crippen molar-refractivity contribution < 1.29 is 4.74 Å². The number of nitrogens with one attached hydrogen (secondary N) is 1. The summed E-state index contributed by atoms with van der Waals surface area (Å²) in [7, 11) is 5.72. The van der Waals surface area contributed by atoms with Crippen LogP contribution in [0.5, 0.6) is 0 Å². The first-order chi connectivity index (χ1) is 7.65. The van der Waals surface area contributed by atoms with E-state index in [0.29, 0.717) is 12.0 Å². The lowest BCUT2D eigenvalue weighted by Crippen LogP contribution is -2.30. The van der Waals surface area contributed by atoms with E-state index in [0.717, 1.165) is 19.4 Å². The fourth-order valence-corrected chi connectivity index (χ4v) is 2.00. The van der Waals surface area contributed by atoms with Crippen LogP contribution >= 0.6 is 0 Å². The van der Waals surface area contributed by atoms with Gasteiger partial charge >= 0.3 is 0 Å². The van der Waals surface area contributed by atoms with E-state index >= 15 is 0 Å². The number of methoxy groups -OCH3 is 1. The van der Waals surface area contributed by atoms with E-state index in [4.69, 9.17) is 4.74 Å². The van der Waals surface area contributed by atoms with Crippen molar-refractivity contribution in [3.05, 3.63) is 18.0 Å². The molecule has 0 aliphatic carbocycles. The van der Waals surface area contributed by atoms with E-state index in [2.05, 4.69) is 23.5 Å². The Hall–Kier alpha value is -0.870. The fourth-order valence-electron chi connectivity index (χ4n) is 2.00. The molecule has 1 heterocycles. The van der Waals surface area contributed by atoms with Crippen molar-refractivity contribution in [2.24, 2.45) is 13.0 Å². The molecule has 0 fully saturated rings. The Balaban J connectivity index is 2.42. The van der Waals surface area contributed by atoms with Gasteiger partial charge in [-0.2, -0.15) is 5.10 Å². The van der Waals surface area contributed by atoms with Crippen LogP contribution in [0.4, 0.5) is 0 Å². The fraction of sp³-hybridized carbons (Fsp3) is 0.750. The molecule has 1 rings (SSSR count). The lowest BCUT2D eigenvalue weighted by molar-refractivity contribution is 0.150. The average molecular weight is 225 g/mol. The molecule has 0 saturated heterocycles. The predicted octanol–water partition coefficient (Wildman–Crippen LogP) is 1.22. The van der Waals surface area contributed by atoms with Crippen molar-refractivity contribution in [1.29, 1.82) is 0 Å². The number of aryl methyl sites for hydroxylation is 1. The van der Waals surface area contributed by atoms with Gasteiger partial charge in [-0.15, -0.1) is 0 Å². The van der Waals surface area contributed by atoms with Crippen molar-refractivity contribution in [3.8, 4) is 0 Å². The minimum Gasteiger partial charge on any atom is -0.384 e. The second-order valence-corrected chi connectivity index (χ2v) is 4.51. The molecule has 0 bridgehead atoms. The maximum Gasteiger partial charge on any atom is 0.0522 e. The molecule has 4 heteroatoms. The topological polar surface area (TPSA) is 39.1 Å². The Morgan fingerprint density at radius 1 is 1.56 bits per heavy atom. The van der Waals surface area contributed by atoms with Crippen LogP contribution in [0.1, 0.15) is 18.9 Å². The first-order valence-electron chi connectivity index (χ1n) is 5.79. The quantitative estimate of drug-likeness (QED) is 0.758. The number of hydrogen-bond donors (Lipinski definition) is 1. The molecule has 0 amide bonds. The van der Waals surface area contributed by atoms with Gasteiger partial charge in [-0.05, 0) is 31.4 Å². The molecular formula is C12H23N3O. The summed E-state index contributed by atoms with van der Waals surface area (Å²) in [4.78, 5) is 0. The van der Waals surface area contributed by atoms with Crippen molar-refractivity contribution >= 4 is 0 Å². The van der Waals surface area contributed by atoms with Crippen molar-refractivity contribution in [2.45, 2.75) is 25.8 Å². The Kier molecular flexibility index (Phi) is 5.49. The van der Waals surface area contributed by atoms with Gasteiger partial charge < -0.3 is 10.1 Å². The highest BCUT2D eigenvalue weighted by Gasteiger charge is 2.12. The highest BCUT2D eigenvalue weighted by Crippen LogP contribution is 2.11. The number of rotatable bonds is 7. The molecule has 2 atom stereocenters. The Morgan fingerprint density at radius 3 is 2.81 bits per heavy atom. The third-order valence-electron chi connectivity index (χ3n) is 2.79. The number of hydrogen-bond acceptors (Lipinski definition) is 3. The molecular weight excluding hydrogens is 202 g/mol. The zero-order valence-electron chi connectivity index (χ0n) is 10.7. The van der Waals surface area contributed by atoms with Crippen LogP contribution in [0.2, 0.25) is 0 Å². The molecule has 1 aromatic heterocycles. The maximum absolute atomic E-state index is 5.16. The molecule has 0 radical (unpaired) electrons. The standard InChI is InChI=1S/C12H23N3O/c1-10(9-16-4)5-12(13-2)6-11-7-14-15(3)8-11/h7-8,10,12-13H,5-6,9H2,1-4H3. The Morgan fingerprint density at radius 2 is 2.31 bits per heavy atom. The van der Waals surface area contributed by atoms with E-state index in [9.17, 15) is 0 Å². The predicted molar refractivity (Wildman–Crippen MR) is 65.4 cm³/mol. The van der Waals surface area contributed by atoms with Gasteiger partial charge in [0.1, 0.15) is 0 Å². The van der Waals surface area contributed by atoms with Gasteiger partial charge in [-0.3, -0.25) is 4.68 Å². The minimum atomic E-state index is 0.495. The second kappa shape index (κ2) is 6.66. The zero-order chi connectivity index (χ0) is 12.0. The third kappa shape index (κ3) is 4.33. The molecule has 1 N–H and O–H groups in total. The molecule has 16 heavy (non-hydrogen) atoms. The Labute approximate surface area is 98.0 Å². The van der Waals surface area contributed by atoms with E-state index in [-0.39, 0.29) is 0 Å². The summed E-state index contributed by atoms with van der Waals surface area (Å²) < 4.78 is 7.01. The summed E-state index contributed by atoms with van der Waals surface area (Å²) in [5.74, 6) is 0.583. The highest BCUT2D eigenvalue weighted by atomic mass is 16.5. The first kappa shape index (κ1) is 13.2. The lowest BCUT2D eigenvalue weighted by atomic mass is 9.98. The van der Waals surface area contributed by atoms with Crippen molar-refractivity contribution in [3.63, 3.8) is 0 Å². The first-order valence-corrected chi connectivity index (χ1v) is 5.79. The monoisotopic (exact) mass is 225 g/mol. The largest absolute Gasteiger partial charge is 0.384 e. The molecule has 4 nitrogen and oxygen atoms in total. The van der Waals surface area contributed by atoms with Gasteiger partial charge in [0.25, 0.3) is 0 Å². The smallest absolute Gasteiger partial charge is 0.0522 e. The number of aromatic nitrogens is 2. The van der Waals surface area contributed by atoms with E-state index < -0.39 is 0 Å². The average Bonchev–Trinajstić information content (AvgIpc) is 2.63. The molecule has 0 saturated carbocycles. The summed E-state index contributed by atoms with van der Waals surface area (Å²) in [6.07, 6.45) is 6.16. The maximum atomic E-state index is 5.16. The lowest BCUT2D eigenvalue weighted by Gasteiger charge is -2.19. The number of ether oxygens (including phenoxy) is 1. The van der Waals surface area contributed by atoms with Crippen LogP contribution in [0.25, 0.3) is 0 Å². The second-order valence-electron chi connectivity index (χ2n) is 4.51. The van der Waals surface area contributed by atoms with Gasteiger partial charge in [0.15, 0.2) is 0 Å². The molecule has 0 aliphatic heterocycles. The van der Waals surface area contributed by atoms with Crippen molar-refractivity contribution in [2.75, 3.05) is 20.8 Å². The third-order valence-corrected chi connectivity index (χ3v) is 2.79. The van der Waals surface area contributed by atoms with Crippen LogP contribution in [-0.4, -0.2) is 36.6 Å². The molecule has 0 aliphatic rings. The number of likely N-dealkylation sites (N-methyl/N-ethyl adjacent to an activating group) is 1. The molecule has 0 spiro atoms. The summed E-state index contributed by atoms with van der Waals surface area (Å²) in [6.45, 7) is 3.04. The number of nitrogens with zero attached hydrogens (tertiary/aromatic N) is 2. The van der Waals surface area contributed by atoms with E-state index in [1.165, 1.54) is 5.56 Å². The zero-order valence-corrected chi connectivity index (χ0v) is 10.7. The van der Waals surface area contributed by atoms with Gasteiger partial charge in [-0.1, -0.05) is 6.92 Å². The van der Waals surface area contributed by atoms with E-state index in [1.807, 2.05) is 25.0 Å². The van der Waals surface area contributed by atoms with Crippen LogP contribution in [-0.2, 0) is 18.2 Å². The van der Waals surface area contributed by atoms with Crippen molar-refractivity contribution in [1.82, 2.24) is 15.1 Å². The SMILES string of the molecule is CNC(Cc1cnn(C)c1)CC(C)COC. The van der Waals surface area contributed by atoms with Gasteiger partial charge in [0.2, 0.25) is 0 Å². The summed E-state index contributed by atoms with van der Waals surface area (Å²) in [6, 6.07) is 0.495. The highest BCUT2D eigenvalue weighted by molar-refractivity contribution is 5.05. The van der Waals surface area contributed by atoms with Crippen LogP contribution < -0.4 is 5.32 Å². The van der Waals surface area contributed by atoms with Crippen LogP contribution in [0, 0.1) is 5.92 Å². The van der Waals surface area contributed by atoms with Gasteiger partial charge in [0.05, 0.1) is 6.20 Å².